The second kappa shape index (κ2) is 9.48. The number of carbonyl (C=O) groups is 2. The lowest BCUT2D eigenvalue weighted by Gasteiger charge is -2.21. The van der Waals surface area contributed by atoms with Crippen LogP contribution in [0.3, 0.4) is 0 Å². The van der Waals surface area contributed by atoms with Gasteiger partial charge in [-0.3, -0.25) is 4.79 Å². The summed E-state index contributed by atoms with van der Waals surface area (Å²) in [5.74, 6) is -1.53. The van der Waals surface area contributed by atoms with Gasteiger partial charge in [-0.1, -0.05) is 43.7 Å². The van der Waals surface area contributed by atoms with Crippen molar-refractivity contribution in [3.05, 3.63) is 69.9 Å². The molecule has 2 unspecified atom stereocenters. The first kappa shape index (κ1) is 20.1. The molecule has 2 atom stereocenters. The van der Waals surface area contributed by atoms with Crippen LogP contribution >= 0.6 is 15.9 Å². The number of rotatable bonds is 7. The minimum Gasteiger partial charge on any atom is -0.449 e. The molecule has 138 valence electrons. The van der Waals surface area contributed by atoms with Crippen LogP contribution in [0.5, 0.6) is 0 Å². The minimum atomic E-state index is -0.970. The van der Waals surface area contributed by atoms with Gasteiger partial charge in [0.25, 0.3) is 5.91 Å². The molecule has 0 fully saturated rings. The Labute approximate surface area is 160 Å². The van der Waals surface area contributed by atoms with Crippen LogP contribution in [0.1, 0.15) is 48.7 Å². The highest BCUT2D eigenvalue weighted by Crippen LogP contribution is 2.21. The first-order valence-corrected chi connectivity index (χ1v) is 9.23. The minimum absolute atomic E-state index is 0.146. The van der Waals surface area contributed by atoms with Crippen molar-refractivity contribution < 1.29 is 18.7 Å². The van der Waals surface area contributed by atoms with Gasteiger partial charge in [0.2, 0.25) is 0 Å². The molecular weight excluding hydrogens is 401 g/mol. The van der Waals surface area contributed by atoms with Gasteiger partial charge in [-0.15, -0.1) is 0 Å². The molecule has 0 aromatic heterocycles. The zero-order chi connectivity index (χ0) is 19.1. The number of hydrogen-bond acceptors (Lipinski definition) is 3. The molecular formula is C20H21BrFNO3. The highest BCUT2D eigenvalue weighted by Gasteiger charge is 2.23. The highest BCUT2D eigenvalue weighted by atomic mass is 79.9. The van der Waals surface area contributed by atoms with Crippen LogP contribution in [-0.4, -0.2) is 18.0 Å². The topological polar surface area (TPSA) is 55.4 Å². The fraction of sp³-hybridized carbons (Fsp3) is 0.300. The third-order valence-corrected chi connectivity index (χ3v) is 4.56. The summed E-state index contributed by atoms with van der Waals surface area (Å²) in [5.41, 5.74) is 1.17. The number of hydrogen-bond donors (Lipinski definition) is 1. The van der Waals surface area contributed by atoms with E-state index in [4.69, 9.17) is 4.74 Å². The van der Waals surface area contributed by atoms with Crippen molar-refractivity contribution in [3.8, 4) is 0 Å². The molecule has 1 amide bonds. The summed E-state index contributed by atoms with van der Waals surface area (Å²) >= 11 is 3.12. The SMILES string of the molecule is CCCC(NC(=O)C(C)OC(=O)c1ccc(F)cc1Br)c1ccccc1. The smallest absolute Gasteiger partial charge is 0.340 e. The van der Waals surface area contributed by atoms with Crippen molar-refractivity contribution in [1.29, 1.82) is 0 Å². The van der Waals surface area contributed by atoms with E-state index in [1.807, 2.05) is 37.3 Å². The number of benzene rings is 2. The van der Waals surface area contributed by atoms with Crippen molar-refractivity contribution in [2.24, 2.45) is 0 Å². The second-order valence-electron chi connectivity index (χ2n) is 5.93. The van der Waals surface area contributed by atoms with E-state index in [-0.39, 0.29) is 22.0 Å². The summed E-state index contributed by atoms with van der Waals surface area (Å²) in [6.45, 7) is 3.55. The largest absolute Gasteiger partial charge is 0.449 e. The molecule has 26 heavy (non-hydrogen) atoms. The molecule has 0 aliphatic carbocycles. The van der Waals surface area contributed by atoms with E-state index in [1.54, 1.807) is 0 Å². The van der Waals surface area contributed by atoms with Gasteiger partial charge < -0.3 is 10.1 Å². The van der Waals surface area contributed by atoms with Gasteiger partial charge in [0, 0.05) is 4.47 Å². The number of esters is 1. The molecule has 0 saturated carbocycles. The molecule has 4 nitrogen and oxygen atoms in total. The molecule has 0 radical (unpaired) electrons. The van der Waals surface area contributed by atoms with Crippen molar-refractivity contribution in [3.63, 3.8) is 0 Å². The maximum atomic E-state index is 13.1. The van der Waals surface area contributed by atoms with E-state index < -0.39 is 17.9 Å². The van der Waals surface area contributed by atoms with Gasteiger partial charge in [-0.2, -0.15) is 0 Å². The van der Waals surface area contributed by atoms with Crippen molar-refractivity contribution >= 4 is 27.8 Å². The van der Waals surface area contributed by atoms with Gasteiger partial charge in [0.15, 0.2) is 6.10 Å². The van der Waals surface area contributed by atoms with Crippen LogP contribution in [0.15, 0.2) is 53.0 Å². The Morgan fingerprint density at radius 1 is 1.19 bits per heavy atom. The molecule has 0 bridgehead atoms. The van der Waals surface area contributed by atoms with Gasteiger partial charge in [0.1, 0.15) is 5.82 Å². The Morgan fingerprint density at radius 2 is 1.88 bits per heavy atom. The maximum absolute atomic E-state index is 13.1. The Bertz CT molecular complexity index is 767. The molecule has 2 aromatic carbocycles. The standard InChI is InChI=1S/C20H21BrFNO3/c1-3-7-18(14-8-5-4-6-9-14)23-19(24)13(2)26-20(25)16-11-10-15(22)12-17(16)21/h4-6,8-13,18H,3,7H2,1-2H3,(H,23,24). The van der Waals surface area contributed by atoms with Gasteiger partial charge >= 0.3 is 5.97 Å². The van der Waals surface area contributed by atoms with Gasteiger partial charge in [0.05, 0.1) is 11.6 Å². The summed E-state index contributed by atoms with van der Waals surface area (Å²) < 4.78 is 18.6. The van der Waals surface area contributed by atoms with E-state index in [1.165, 1.54) is 25.1 Å². The maximum Gasteiger partial charge on any atom is 0.340 e. The molecule has 1 N–H and O–H groups in total. The number of amides is 1. The monoisotopic (exact) mass is 421 g/mol. The van der Waals surface area contributed by atoms with Gasteiger partial charge in [-0.05, 0) is 53.0 Å². The zero-order valence-electron chi connectivity index (χ0n) is 14.7. The van der Waals surface area contributed by atoms with Crippen LogP contribution in [0.25, 0.3) is 0 Å². The normalized spacial score (nSPS) is 12.9. The lowest BCUT2D eigenvalue weighted by molar-refractivity contribution is -0.129. The Kier molecular flexibility index (Phi) is 7.33. The van der Waals surface area contributed by atoms with Crippen LogP contribution in [0.4, 0.5) is 4.39 Å². The first-order chi connectivity index (χ1) is 12.4. The molecule has 6 heteroatoms. The zero-order valence-corrected chi connectivity index (χ0v) is 16.3. The quantitative estimate of drug-likeness (QED) is 0.653. The molecule has 0 saturated heterocycles. The van der Waals surface area contributed by atoms with E-state index in [0.29, 0.717) is 0 Å². The van der Waals surface area contributed by atoms with Crippen LogP contribution < -0.4 is 5.32 Å². The molecule has 0 aliphatic rings. The fourth-order valence-electron chi connectivity index (χ4n) is 2.52. The van der Waals surface area contributed by atoms with E-state index in [2.05, 4.69) is 21.2 Å². The van der Waals surface area contributed by atoms with Crippen molar-refractivity contribution in [2.45, 2.75) is 38.8 Å². The van der Waals surface area contributed by atoms with Crippen LogP contribution in [0.2, 0.25) is 0 Å². The second-order valence-corrected chi connectivity index (χ2v) is 6.79. The van der Waals surface area contributed by atoms with E-state index in [0.717, 1.165) is 18.4 Å². The third kappa shape index (κ3) is 5.39. The average Bonchev–Trinajstić information content (AvgIpc) is 2.61. The lowest BCUT2D eigenvalue weighted by Crippen LogP contribution is -2.38. The van der Waals surface area contributed by atoms with E-state index in [9.17, 15) is 14.0 Å². The lowest BCUT2D eigenvalue weighted by atomic mass is 10.0. The average molecular weight is 422 g/mol. The number of nitrogens with one attached hydrogen (secondary N) is 1. The third-order valence-electron chi connectivity index (χ3n) is 3.90. The highest BCUT2D eigenvalue weighted by molar-refractivity contribution is 9.10. The number of halogens is 2. The summed E-state index contributed by atoms with van der Waals surface area (Å²) in [5, 5.41) is 2.93. The molecule has 2 rings (SSSR count). The summed E-state index contributed by atoms with van der Waals surface area (Å²) in [6.07, 6.45) is 0.707. The molecule has 0 aliphatic heterocycles. The van der Waals surface area contributed by atoms with Crippen LogP contribution in [0, 0.1) is 5.82 Å². The Hall–Kier alpha value is -2.21. The van der Waals surface area contributed by atoms with E-state index >= 15 is 0 Å². The Morgan fingerprint density at radius 3 is 2.50 bits per heavy atom. The summed E-state index contributed by atoms with van der Waals surface area (Å²) in [4.78, 5) is 24.7. The Balaban J connectivity index is 2.02. The fourth-order valence-corrected chi connectivity index (χ4v) is 3.03. The number of ether oxygens (including phenoxy) is 1. The first-order valence-electron chi connectivity index (χ1n) is 8.43. The van der Waals surface area contributed by atoms with Crippen molar-refractivity contribution in [2.75, 3.05) is 0 Å². The van der Waals surface area contributed by atoms with Crippen molar-refractivity contribution in [1.82, 2.24) is 5.32 Å². The summed E-state index contributed by atoms with van der Waals surface area (Å²) in [6, 6.07) is 13.2. The molecule has 2 aromatic rings. The number of carbonyl (C=O) groups excluding carboxylic acids is 2. The molecule has 0 spiro atoms. The predicted molar refractivity (Wildman–Crippen MR) is 101 cm³/mol. The van der Waals surface area contributed by atoms with Crippen LogP contribution in [-0.2, 0) is 9.53 Å². The molecule has 0 heterocycles. The predicted octanol–water partition coefficient (Wildman–Crippen LogP) is 4.79. The van der Waals surface area contributed by atoms with Gasteiger partial charge in [-0.25, -0.2) is 9.18 Å². The summed E-state index contributed by atoms with van der Waals surface area (Å²) in [7, 11) is 0.